The van der Waals surface area contributed by atoms with Gasteiger partial charge < -0.3 is 10.1 Å². The van der Waals surface area contributed by atoms with Crippen LogP contribution in [0.4, 0.5) is 0 Å². The van der Waals surface area contributed by atoms with E-state index >= 15 is 0 Å². The average Bonchev–Trinajstić information content (AvgIpc) is 3.46. The second-order valence-corrected chi connectivity index (χ2v) is 7.17. The lowest BCUT2D eigenvalue weighted by Gasteiger charge is -2.13. The van der Waals surface area contributed by atoms with Crippen LogP contribution in [0.5, 0.6) is 5.75 Å². The van der Waals surface area contributed by atoms with Gasteiger partial charge in [0.15, 0.2) is 5.65 Å². The first-order chi connectivity index (χ1) is 13.5. The number of amides is 1. The fourth-order valence-corrected chi connectivity index (χ4v) is 3.46. The SMILES string of the molecule is COc1c(C#N)cccc1-c1cc(C)n2ncc(C(=O)NC(C)C3CC3)c2n1. The highest BCUT2D eigenvalue weighted by atomic mass is 16.5. The monoisotopic (exact) mass is 375 g/mol. The van der Waals surface area contributed by atoms with Crippen LogP contribution in [-0.2, 0) is 0 Å². The van der Waals surface area contributed by atoms with Crippen molar-refractivity contribution in [3.63, 3.8) is 0 Å². The predicted octanol–water partition coefficient (Wildman–Crippen LogP) is 3.11. The van der Waals surface area contributed by atoms with Gasteiger partial charge in [0.25, 0.3) is 5.91 Å². The van der Waals surface area contributed by atoms with Gasteiger partial charge in [-0.05, 0) is 50.8 Å². The van der Waals surface area contributed by atoms with Gasteiger partial charge in [-0.3, -0.25) is 4.79 Å². The Morgan fingerprint density at radius 2 is 2.21 bits per heavy atom. The maximum atomic E-state index is 12.8. The molecular weight excluding hydrogens is 354 g/mol. The van der Waals surface area contributed by atoms with E-state index in [1.165, 1.54) is 7.11 Å². The predicted molar refractivity (Wildman–Crippen MR) is 104 cm³/mol. The van der Waals surface area contributed by atoms with Gasteiger partial charge in [0.1, 0.15) is 17.4 Å². The minimum atomic E-state index is -0.170. The number of hydrogen-bond donors (Lipinski definition) is 1. The van der Waals surface area contributed by atoms with Gasteiger partial charge in [-0.15, -0.1) is 0 Å². The van der Waals surface area contributed by atoms with Crippen molar-refractivity contribution < 1.29 is 9.53 Å². The number of aromatic nitrogens is 3. The maximum Gasteiger partial charge on any atom is 0.256 e. The number of aryl methyl sites for hydroxylation is 1. The largest absolute Gasteiger partial charge is 0.495 e. The fourth-order valence-electron chi connectivity index (χ4n) is 3.46. The number of fused-ring (bicyclic) bond motifs is 1. The first-order valence-electron chi connectivity index (χ1n) is 9.27. The molecule has 4 rings (SSSR count). The van der Waals surface area contributed by atoms with E-state index in [1.807, 2.05) is 26.0 Å². The molecule has 0 bridgehead atoms. The molecule has 1 atom stereocenters. The van der Waals surface area contributed by atoms with Gasteiger partial charge in [-0.1, -0.05) is 6.07 Å². The molecule has 1 unspecified atom stereocenters. The van der Waals surface area contributed by atoms with E-state index in [1.54, 1.807) is 22.8 Å². The number of ether oxygens (including phenoxy) is 1. The van der Waals surface area contributed by atoms with Crippen molar-refractivity contribution in [1.82, 2.24) is 19.9 Å². The molecule has 0 saturated heterocycles. The number of benzene rings is 1. The van der Waals surface area contributed by atoms with Gasteiger partial charge in [0, 0.05) is 17.3 Å². The van der Waals surface area contributed by atoms with Crippen molar-refractivity contribution in [3.05, 3.63) is 47.3 Å². The van der Waals surface area contributed by atoms with Crippen LogP contribution >= 0.6 is 0 Å². The number of rotatable bonds is 5. The third kappa shape index (κ3) is 3.07. The number of carbonyl (C=O) groups is 1. The first kappa shape index (κ1) is 18.0. The number of carbonyl (C=O) groups excluding carboxylic acids is 1. The third-order valence-corrected chi connectivity index (χ3v) is 5.20. The number of methoxy groups -OCH3 is 1. The molecule has 3 aromatic rings. The lowest BCUT2D eigenvalue weighted by molar-refractivity contribution is 0.0937. The normalized spacial score (nSPS) is 14.5. The van der Waals surface area contributed by atoms with Crippen molar-refractivity contribution in [3.8, 4) is 23.1 Å². The average molecular weight is 375 g/mol. The number of nitriles is 1. The summed E-state index contributed by atoms with van der Waals surface area (Å²) < 4.78 is 7.11. The fraction of sp³-hybridized carbons (Fsp3) is 0.333. The molecule has 0 spiro atoms. The molecule has 0 aliphatic heterocycles. The van der Waals surface area contributed by atoms with Gasteiger partial charge >= 0.3 is 0 Å². The molecule has 2 heterocycles. The molecule has 28 heavy (non-hydrogen) atoms. The summed E-state index contributed by atoms with van der Waals surface area (Å²) >= 11 is 0. The third-order valence-electron chi connectivity index (χ3n) is 5.20. The highest BCUT2D eigenvalue weighted by Gasteiger charge is 2.30. The zero-order chi connectivity index (χ0) is 19.8. The smallest absolute Gasteiger partial charge is 0.256 e. The number of nitrogens with one attached hydrogen (secondary N) is 1. The van der Waals surface area contributed by atoms with Crippen LogP contribution in [-0.4, -0.2) is 33.7 Å². The Kier molecular flexibility index (Phi) is 4.47. The van der Waals surface area contributed by atoms with Crippen LogP contribution in [0, 0.1) is 24.2 Å². The van der Waals surface area contributed by atoms with Gasteiger partial charge in [0.05, 0.1) is 24.6 Å². The van der Waals surface area contributed by atoms with Gasteiger partial charge in [-0.25, -0.2) is 9.50 Å². The molecule has 1 aliphatic carbocycles. The van der Waals surface area contributed by atoms with Crippen molar-refractivity contribution >= 4 is 11.6 Å². The summed E-state index contributed by atoms with van der Waals surface area (Å²) in [5, 5.41) is 16.7. The van der Waals surface area contributed by atoms with Crippen molar-refractivity contribution in [2.45, 2.75) is 32.7 Å². The molecule has 1 fully saturated rings. The highest BCUT2D eigenvalue weighted by molar-refractivity contribution is 6.00. The standard InChI is InChI=1S/C21H21N5O2/c1-12-9-18(16-6-4-5-15(10-22)19(16)28-3)25-20-17(11-23-26(12)20)21(27)24-13(2)14-7-8-14/h4-6,9,11,13-14H,7-8H2,1-3H3,(H,24,27). The molecule has 1 saturated carbocycles. The van der Waals surface area contributed by atoms with Crippen LogP contribution in [0.2, 0.25) is 0 Å². The molecule has 7 heteroatoms. The Bertz CT molecular complexity index is 1110. The van der Waals surface area contributed by atoms with Crippen LogP contribution in [0.1, 0.15) is 41.4 Å². The van der Waals surface area contributed by atoms with Crippen LogP contribution in [0.3, 0.4) is 0 Å². The molecule has 7 nitrogen and oxygen atoms in total. The highest BCUT2D eigenvalue weighted by Crippen LogP contribution is 2.34. The second kappa shape index (κ2) is 6.97. The minimum Gasteiger partial charge on any atom is -0.495 e. The maximum absolute atomic E-state index is 12.8. The summed E-state index contributed by atoms with van der Waals surface area (Å²) in [7, 11) is 1.53. The number of para-hydroxylation sites is 1. The Labute approximate surface area is 163 Å². The van der Waals surface area contributed by atoms with Gasteiger partial charge in [0.2, 0.25) is 0 Å². The van der Waals surface area contributed by atoms with Crippen molar-refractivity contribution in [2.24, 2.45) is 5.92 Å². The molecular formula is C21H21N5O2. The summed E-state index contributed by atoms with van der Waals surface area (Å²) in [5.74, 6) is 0.861. The van der Waals surface area contributed by atoms with E-state index in [2.05, 4.69) is 21.5 Å². The van der Waals surface area contributed by atoms with Gasteiger partial charge in [-0.2, -0.15) is 10.4 Å². The van der Waals surface area contributed by atoms with E-state index in [9.17, 15) is 10.1 Å². The van der Waals surface area contributed by atoms with E-state index in [-0.39, 0.29) is 11.9 Å². The Balaban J connectivity index is 1.80. The molecule has 2 aromatic heterocycles. The second-order valence-electron chi connectivity index (χ2n) is 7.17. The minimum absolute atomic E-state index is 0.138. The Morgan fingerprint density at radius 3 is 2.89 bits per heavy atom. The van der Waals surface area contributed by atoms with E-state index in [4.69, 9.17) is 4.74 Å². The summed E-state index contributed by atoms with van der Waals surface area (Å²) in [6, 6.07) is 9.48. The van der Waals surface area contributed by atoms with E-state index in [0.29, 0.717) is 39.7 Å². The quantitative estimate of drug-likeness (QED) is 0.740. The van der Waals surface area contributed by atoms with Crippen molar-refractivity contribution in [2.75, 3.05) is 7.11 Å². The van der Waals surface area contributed by atoms with E-state index < -0.39 is 0 Å². The molecule has 1 N–H and O–H groups in total. The van der Waals surface area contributed by atoms with Crippen LogP contribution in [0.15, 0.2) is 30.5 Å². The summed E-state index contributed by atoms with van der Waals surface area (Å²) in [4.78, 5) is 17.5. The zero-order valence-electron chi connectivity index (χ0n) is 16.1. The first-order valence-corrected chi connectivity index (χ1v) is 9.27. The number of nitrogens with zero attached hydrogens (tertiary/aromatic N) is 4. The lowest BCUT2D eigenvalue weighted by Crippen LogP contribution is -2.34. The molecule has 0 radical (unpaired) electrons. The van der Waals surface area contributed by atoms with Crippen molar-refractivity contribution in [1.29, 1.82) is 5.26 Å². The Morgan fingerprint density at radius 1 is 1.43 bits per heavy atom. The summed E-state index contributed by atoms with van der Waals surface area (Å²) in [5.41, 5.74) is 3.52. The summed E-state index contributed by atoms with van der Waals surface area (Å²) in [6.45, 7) is 3.93. The Hall–Kier alpha value is -3.40. The molecule has 1 aromatic carbocycles. The summed E-state index contributed by atoms with van der Waals surface area (Å²) in [6.07, 6.45) is 3.87. The van der Waals surface area contributed by atoms with E-state index in [0.717, 1.165) is 18.5 Å². The molecule has 142 valence electrons. The topological polar surface area (TPSA) is 92.3 Å². The zero-order valence-corrected chi connectivity index (χ0v) is 16.1. The molecule has 1 aliphatic rings. The lowest BCUT2D eigenvalue weighted by atomic mass is 10.1. The molecule has 1 amide bonds. The van der Waals surface area contributed by atoms with Crippen LogP contribution < -0.4 is 10.1 Å². The number of hydrogen-bond acceptors (Lipinski definition) is 5. The van der Waals surface area contributed by atoms with Crippen LogP contribution in [0.25, 0.3) is 16.9 Å².